The standard InChI is InChI=1S/C28H25FN2O5S/c1-35-26-17-12-21(29)19-27(26)37(33,34)31-25(18-20-8-4-2-5-9-20)28(32)30-22-13-15-24(16-14-22)36-23-10-6-3-7-11-23/h2-17,19,25,31H,18H2,1H3,(H,30,32). The summed E-state index contributed by atoms with van der Waals surface area (Å²) in [5.74, 6) is -0.127. The van der Waals surface area contributed by atoms with Gasteiger partial charge in [0.1, 0.15) is 34.0 Å². The van der Waals surface area contributed by atoms with Gasteiger partial charge in [0, 0.05) is 5.69 Å². The molecule has 1 unspecified atom stereocenters. The molecule has 0 aromatic heterocycles. The summed E-state index contributed by atoms with van der Waals surface area (Å²) < 4.78 is 53.5. The number of hydrogen-bond donors (Lipinski definition) is 2. The van der Waals surface area contributed by atoms with Crippen LogP contribution in [0.1, 0.15) is 5.56 Å². The van der Waals surface area contributed by atoms with Gasteiger partial charge < -0.3 is 14.8 Å². The average Bonchev–Trinajstić information content (AvgIpc) is 2.90. The topological polar surface area (TPSA) is 93.7 Å². The van der Waals surface area contributed by atoms with Crippen molar-refractivity contribution in [2.75, 3.05) is 12.4 Å². The Morgan fingerprint density at radius 3 is 2.14 bits per heavy atom. The summed E-state index contributed by atoms with van der Waals surface area (Å²) in [6.07, 6.45) is 0.0682. The fraction of sp³-hybridized carbons (Fsp3) is 0.107. The van der Waals surface area contributed by atoms with E-state index in [4.69, 9.17) is 9.47 Å². The predicted molar refractivity (Wildman–Crippen MR) is 139 cm³/mol. The van der Waals surface area contributed by atoms with Crippen molar-refractivity contribution >= 4 is 21.6 Å². The third-order valence-corrected chi connectivity index (χ3v) is 6.91. The van der Waals surface area contributed by atoms with Gasteiger partial charge in [0.25, 0.3) is 0 Å². The number of halogens is 1. The van der Waals surface area contributed by atoms with Gasteiger partial charge in [-0.1, -0.05) is 48.5 Å². The number of hydrogen-bond acceptors (Lipinski definition) is 5. The Labute approximate surface area is 214 Å². The molecule has 7 nitrogen and oxygen atoms in total. The van der Waals surface area contributed by atoms with Crippen LogP contribution in [0.5, 0.6) is 17.2 Å². The molecule has 4 rings (SSSR count). The van der Waals surface area contributed by atoms with Crippen LogP contribution >= 0.6 is 0 Å². The molecule has 0 fully saturated rings. The number of rotatable bonds is 10. The minimum absolute atomic E-state index is 0.0400. The molecule has 0 saturated heterocycles. The monoisotopic (exact) mass is 520 g/mol. The number of ether oxygens (including phenoxy) is 2. The van der Waals surface area contributed by atoms with E-state index in [-0.39, 0.29) is 12.2 Å². The predicted octanol–water partition coefficient (Wildman–Crippen LogP) is 5.15. The van der Waals surface area contributed by atoms with E-state index in [0.29, 0.717) is 17.2 Å². The van der Waals surface area contributed by atoms with Gasteiger partial charge in [0.2, 0.25) is 15.9 Å². The number of methoxy groups -OCH3 is 1. The molecule has 37 heavy (non-hydrogen) atoms. The Morgan fingerprint density at radius 2 is 1.49 bits per heavy atom. The average molecular weight is 521 g/mol. The minimum atomic E-state index is -4.32. The molecule has 9 heteroatoms. The zero-order valence-corrected chi connectivity index (χ0v) is 20.7. The van der Waals surface area contributed by atoms with Gasteiger partial charge in [-0.15, -0.1) is 0 Å². The molecule has 0 spiro atoms. The first kappa shape index (κ1) is 25.9. The van der Waals surface area contributed by atoms with Gasteiger partial charge in [-0.3, -0.25) is 4.79 Å². The van der Waals surface area contributed by atoms with Crippen molar-refractivity contribution in [2.24, 2.45) is 0 Å². The van der Waals surface area contributed by atoms with Crippen LogP contribution in [0.15, 0.2) is 108 Å². The van der Waals surface area contributed by atoms with Crippen molar-refractivity contribution in [3.05, 3.63) is 115 Å². The second-order valence-electron chi connectivity index (χ2n) is 8.09. The van der Waals surface area contributed by atoms with E-state index < -0.39 is 32.7 Å². The van der Waals surface area contributed by atoms with Crippen LogP contribution in [-0.4, -0.2) is 27.5 Å². The van der Waals surface area contributed by atoms with Gasteiger partial charge in [0.15, 0.2) is 0 Å². The third-order valence-electron chi connectivity index (χ3n) is 5.41. The minimum Gasteiger partial charge on any atom is -0.495 e. The summed E-state index contributed by atoms with van der Waals surface area (Å²) in [6.45, 7) is 0. The van der Waals surface area contributed by atoms with E-state index >= 15 is 0 Å². The highest BCUT2D eigenvalue weighted by Crippen LogP contribution is 2.26. The molecule has 4 aromatic carbocycles. The fourth-order valence-electron chi connectivity index (χ4n) is 3.61. The molecule has 0 radical (unpaired) electrons. The molecule has 0 saturated carbocycles. The summed E-state index contributed by atoms with van der Waals surface area (Å²) in [5, 5.41) is 2.74. The summed E-state index contributed by atoms with van der Waals surface area (Å²) in [6, 6.07) is 26.9. The fourth-order valence-corrected chi connectivity index (χ4v) is 4.99. The van der Waals surface area contributed by atoms with Gasteiger partial charge >= 0.3 is 0 Å². The summed E-state index contributed by atoms with van der Waals surface area (Å²) in [7, 11) is -3.04. The Kier molecular flexibility index (Phi) is 8.17. The number of amides is 1. The molecule has 1 amide bonds. The molecule has 0 aliphatic carbocycles. The maximum atomic E-state index is 13.9. The second-order valence-corrected chi connectivity index (χ2v) is 9.77. The molecule has 0 heterocycles. The Morgan fingerprint density at radius 1 is 0.865 bits per heavy atom. The first-order chi connectivity index (χ1) is 17.8. The lowest BCUT2D eigenvalue weighted by Crippen LogP contribution is -2.45. The van der Waals surface area contributed by atoms with Crippen LogP contribution in [0.25, 0.3) is 0 Å². The van der Waals surface area contributed by atoms with Gasteiger partial charge in [-0.05, 0) is 66.6 Å². The highest BCUT2D eigenvalue weighted by Gasteiger charge is 2.29. The maximum absolute atomic E-state index is 13.9. The molecule has 190 valence electrons. The van der Waals surface area contributed by atoms with E-state index in [1.807, 2.05) is 36.4 Å². The molecule has 0 aliphatic rings. The van der Waals surface area contributed by atoms with Crippen LogP contribution in [0.2, 0.25) is 0 Å². The van der Waals surface area contributed by atoms with Crippen LogP contribution in [0, 0.1) is 5.82 Å². The maximum Gasteiger partial charge on any atom is 0.245 e. The first-order valence-corrected chi connectivity index (χ1v) is 12.9. The molecular weight excluding hydrogens is 495 g/mol. The molecule has 1 atom stereocenters. The van der Waals surface area contributed by atoms with Crippen molar-refractivity contribution in [3.63, 3.8) is 0 Å². The number of sulfonamides is 1. The number of carbonyl (C=O) groups is 1. The lowest BCUT2D eigenvalue weighted by atomic mass is 10.1. The molecule has 0 aliphatic heterocycles. The SMILES string of the molecule is COc1ccc(F)cc1S(=O)(=O)NC(Cc1ccccc1)C(=O)Nc1ccc(Oc2ccccc2)cc1. The van der Waals surface area contributed by atoms with Gasteiger partial charge in [-0.2, -0.15) is 4.72 Å². The largest absolute Gasteiger partial charge is 0.495 e. The van der Waals surface area contributed by atoms with Gasteiger partial charge in [-0.25, -0.2) is 12.8 Å². The Balaban J connectivity index is 1.54. The van der Waals surface area contributed by atoms with Crippen molar-refractivity contribution in [3.8, 4) is 17.2 Å². The van der Waals surface area contributed by atoms with Crippen LogP contribution in [-0.2, 0) is 21.2 Å². The third kappa shape index (κ3) is 6.93. The smallest absolute Gasteiger partial charge is 0.245 e. The molecular formula is C28H25FN2O5S. The van der Waals surface area contributed by atoms with Crippen molar-refractivity contribution in [1.29, 1.82) is 0 Å². The zero-order chi connectivity index (χ0) is 26.3. The summed E-state index contributed by atoms with van der Waals surface area (Å²) in [4.78, 5) is 12.8. The second kappa shape index (κ2) is 11.7. The number of carbonyl (C=O) groups excluding carboxylic acids is 1. The number of para-hydroxylation sites is 1. The Hall–Kier alpha value is -4.21. The quantitative estimate of drug-likeness (QED) is 0.302. The van der Waals surface area contributed by atoms with E-state index in [2.05, 4.69) is 10.0 Å². The first-order valence-electron chi connectivity index (χ1n) is 11.4. The van der Waals surface area contributed by atoms with E-state index in [9.17, 15) is 17.6 Å². The highest BCUT2D eigenvalue weighted by molar-refractivity contribution is 7.89. The highest BCUT2D eigenvalue weighted by atomic mass is 32.2. The van der Waals surface area contributed by atoms with Crippen molar-refractivity contribution in [1.82, 2.24) is 4.72 Å². The molecule has 4 aromatic rings. The Bertz CT molecular complexity index is 1450. The number of nitrogens with one attached hydrogen (secondary N) is 2. The lowest BCUT2D eigenvalue weighted by Gasteiger charge is -2.20. The van der Waals surface area contributed by atoms with Crippen LogP contribution in [0.4, 0.5) is 10.1 Å². The molecule has 2 N–H and O–H groups in total. The van der Waals surface area contributed by atoms with Crippen LogP contribution < -0.4 is 19.5 Å². The normalized spacial score (nSPS) is 11.9. The van der Waals surface area contributed by atoms with Crippen molar-refractivity contribution in [2.45, 2.75) is 17.4 Å². The van der Waals surface area contributed by atoms with Gasteiger partial charge in [0.05, 0.1) is 7.11 Å². The summed E-state index contributed by atoms with van der Waals surface area (Å²) in [5.41, 5.74) is 1.19. The molecule has 0 bridgehead atoms. The lowest BCUT2D eigenvalue weighted by molar-refractivity contribution is -0.117. The summed E-state index contributed by atoms with van der Waals surface area (Å²) >= 11 is 0. The van der Waals surface area contributed by atoms with E-state index in [1.54, 1.807) is 48.5 Å². The van der Waals surface area contributed by atoms with E-state index in [1.165, 1.54) is 13.2 Å². The van der Waals surface area contributed by atoms with Crippen molar-refractivity contribution < 1.29 is 27.1 Å². The zero-order valence-electron chi connectivity index (χ0n) is 19.9. The number of anilines is 1. The van der Waals surface area contributed by atoms with Crippen LogP contribution in [0.3, 0.4) is 0 Å². The number of benzene rings is 4. The van der Waals surface area contributed by atoms with E-state index in [0.717, 1.165) is 17.7 Å².